The Morgan fingerprint density at radius 2 is 2.00 bits per heavy atom. The van der Waals surface area contributed by atoms with Crippen molar-refractivity contribution in [1.29, 1.82) is 0 Å². The monoisotopic (exact) mass is 411 g/mol. The minimum absolute atomic E-state index is 0.0120. The Hall–Kier alpha value is -2.66. The summed E-state index contributed by atoms with van der Waals surface area (Å²) >= 11 is 6.18. The zero-order valence-corrected chi connectivity index (χ0v) is 16.9. The quantitative estimate of drug-likeness (QED) is 0.573. The molecule has 2 heterocycles. The summed E-state index contributed by atoms with van der Waals surface area (Å²) < 4.78 is 1.82. The topological polar surface area (TPSA) is 96.1 Å². The first-order valence-electron chi connectivity index (χ1n) is 9.60. The molecule has 0 saturated heterocycles. The Labute approximate surface area is 173 Å². The van der Waals surface area contributed by atoms with E-state index in [1.165, 1.54) is 0 Å². The van der Waals surface area contributed by atoms with E-state index in [0.29, 0.717) is 46.4 Å². The number of nitrogens with one attached hydrogen (secondary N) is 1. The fourth-order valence-corrected chi connectivity index (χ4v) is 3.88. The first kappa shape index (κ1) is 19.6. The number of aromatic nitrogens is 4. The van der Waals surface area contributed by atoms with Gasteiger partial charge in [-0.15, -0.1) is 0 Å². The summed E-state index contributed by atoms with van der Waals surface area (Å²) in [4.78, 5) is 13.5. The smallest absolute Gasteiger partial charge is 0.209 e. The maximum absolute atomic E-state index is 10.5. The third-order valence-corrected chi connectivity index (χ3v) is 5.58. The van der Waals surface area contributed by atoms with E-state index in [4.69, 9.17) is 11.6 Å². The van der Waals surface area contributed by atoms with Crippen LogP contribution >= 0.6 is 11.6 Å². The molecular weight excluding hydrogens is 390 g/mol. The zero-order valence-electron chi connectivity index (χ0n) is 16.2. The predicted octanol–water partition coefficient (Wildman–Crippen LogP) is 2.61. The number of nitrogens with zero attached hydrogens (tertiary/aromatic N) is 4. The highest BCUT2D eigenvalue weighted by Gasteiger charge is 2.40. The van der Waals surface area contributed by atoms with Gasteiger partial charge in [-0.05, 0) is 37.3 Å². The Morgan fingerprint density at radius 1 is 1.21 bits per heavy atom. The van der Waals surface area contributed by atoms with Crippen LogP contribution in [0.4, 0.5) is 5.82 Å². The first-order valence-corrected chi connectivity index (χ1v) is 9.98. The average Bonchev–Trinajstić information content (AvgIpc) is 3.24. The molecule has 0 bridgehead atoms. The summed E-state index contributed by atoms with van der Waals surface area (Å²) in [5, 5.41) is 24.4. The average molecular weight is 412 g/mol. The van der Waals surface area contributed by atoms with Crippen LogP contribution in [0.25, 0.3) is 11.2 Å². The van der Waals surface area contributed by atoms with Crippen molar-refractivity contribution in [3.8, 4) is 11.8 Å². The summed E-state index contributed by atoms with van der Waals surface area (Å²) in [5.74, 6) is 6.89. The van der Waals surface area contributed by atoms with Crippen LogP contribution < -0.4 is 5.32 Å². The van der Waals surface area contributed by atoms with Gasteiger partial charge in [0.25, 0.3) is 0 Å². The van der Waals surface area contributed by atoms with Crippen LogP contribution in [-0.4, -0.2) is 48.5 Å². The number of imidazole rings is 1. The molecule has 8 heteroatoms. The fourth-order valence-electron chi connectivity index (χ4n) is 3.69. The van der Waals surface area contributed by atoms with Gasteiger partial charge in [0, 0.05) is 12.1 Å². The van der Waals surface area contributed by atoms with Crippen LogP contribution in [0.2, 0.25) is 5.02 Å². The molecule has 3 N–H and O–H groups in total. The molecule has 1 fully saturated rings. The van der Waals surface area contributed by atoms with Gasteiger partial charge in [-0.25, -0.2) is 15.0 Å². The van der Waals surface area contributed by atoms with Gasteiger partial charge in [-0.1, -0.05) is 36.6 Å². The minimum atomic E-state index is -0.877. The highest BCUT2D eigenvalue weighted by molar-refractivity contribution is 6.31. The fraction of sp³-hybridized carbons (Fsp3) is 0.381. The molecule has 4 atom stereocenters. The van der Waals surface area contributed by atoms with Crippen molar-refractivity contribution in [3.05, 3.63) is 47.0 Å². The maximum atomic E-state index is 10.5. The number of rotatable bonds is 3. The summed E-state index contributed by atoms with van der Waals surface area (Å²) in [6.45, 7) is 4.56. The second-order valence-corrected chi connectivity index (χ2v) is 7.65. The van der Waals surface area contributed by atoms with Gasteiger partial charge in [0.05, 0.1) is 23.5 Å². The van der Waals surface area contributed by atoms with Gasteiger partial charge in [-0.2, -0.15) is 0 Å². The number of aliphatic hydroxyl groups excluding tert-OH is 2. The lowest BCUT2D eigenvalue weighted by atomic mass is 10.1. The van der Waals surface area contributed by atoms with Crippen LogP contribution in [-0.2, 0) is 0 Å². The lowest BCUT2D eigenvalue weighted by molar-refractivity contribution is 0.00964. The second kappa shape index (κ2) is 7.99. The minimum Gasteiger partial charge on any atom is -0.390 e. The lowest BCUT2D eigenvalue weighted by Gasteiger charge is -2.18. The number of halogens is 1. The van der Waals surface area contributed by atoms with Gasteiger partial charge < -0.3 is 20.1 Å². The number of hydrogen-bond donors (Lipinski definition) is 3. The number of anilines is 1. The van der Waals surface area contributed by atoms with Crippen molar-refractivity contribution < 1.29 is 10.2 Å². The molecule has 1 aliphatic carbocycles. The van der Waals surface area contributed by atoms with Gasteiger partial charge in [0.2, 0.25) is 5.82 Å². The van der Waals surface area contributed by atoms with E-state index in [1.54, 1.807) is 12.4 Å². The molecule has 0 amide bonds. The molecule has 0 aliphatic heterocycles. The van der Waals surface area contributed by atoms with Crippen LogP contribution in [0.5, 0.6) is 0 Å². The molecule has 3 aromatic rings. The Kier molecular flexibility index (Phi) is 5.41. The molecule has 1 aliphatic rings. The van der Waals surface area contributed by atoms with Gasteiger partial charge in [-0.3, -0.25) is 0 Å². The van der Waals surface area contributed by atoms with E-state index in [1.807, 2.05) is 36.6 Å². The normalized spacial score (nSPS) is 23.8. The van der Waals surface area contributed by atoms with Crippen molar-refractivity contribution in [1.82, 2.24) is 19.5 Å². The predicted molar refractivity (Wildman–Crippen MR) is 112 cm³/mol. The van der Waals surface area contributed by atoms with E-state index in [2.05, 4.69) is 32.1 Å². The van der Waals surface area contributed by atoms with E-state index in [9.17, 15) is 10.2 Å². The Bertz CT molecular complexity index is 1100. The van der Waals surface area contributed by atoms with E-state index in [-0.39, 0.29) is 12.0 Å². The molecular formula is C21H22ClN5O2. The Balaban J connectivity index is 1.80. The first-order chi connectivity index (χ1) is 14.0. The van der Waals surface area contributed by atoms with Crippen LogP contribution in [0, 0.1) is 17.8 Å². The SMILES string of the molecule is CCNc1nc(C#Cc2ccccc2Cl)nc2c1ncn2[C@@H]1CC(C)[C@@H](O)[C@H]1O. The van der Waals surface area contributed by atoms with E-state index < -0.39 is 12.2 Å². The standard InChI is InChI=1S/C21H22ClN5O2/c1-3-23-20-17-21(27(11-24-17)15-10-12(2)18(28)19(15)29)26-16(25-20)9-8-13-6-4-5-7-14(13)22/h4-7,11-12,15,18-19,28-29H,3,10H2,1-2H3,(H,23,25,26)/t12?,15-,18-,19+/m1/s1. The molecule has 0 radical (unpaired) electrons. The molecule has 4 rings (SSSR count). The highest BCUT2D eigenvalue weighted by Crippen LogP contribution is 2.37. The molecule has 1 unspecified atom stereocenters. The van der Waals surface area contributed by atoms with Crippen molar-refractivity contribution in [2.75, 3.05) is 11.9 Å². The van der Waals surface area contributed by atoms with Gasteiger partial charge >= 0.3 is 0 Å². The molecule has 29 heavy (non-hydrogen) atoms. The summed E-state index contributed by atoms with van der Waals surface area (Å²) in [6.07, 6.45) is 0.628. The molecule has 7 nitrogen and oxygen atoms in total. The van der Waals surface area contributed by atoms with E-state index >= 15 is 0 Å². The molecule has 2 aromatic heterocycles. The zero-order chi connectivity index (χ0) is 20.5. The lowest BCUT2D eigenvalue weighted by Crippen LogP contribution is -2.28. The maximum Gasteiger partial charge on any atom is 0.209 e. The molecule has 1 saturated carbocycles. The largest absolute Gasteiger partial charge is 0.390 e. The van der Waals surface area contributed by atoms with Gasteiger partial charge in [0.15, 0.2) is 17.0 Å². The van der Waals surface area contributed by atoms with Crippen LogP contribution in [0.1, 0.15) is 37.7 Å². The molecule has 1 aromatic carbocycles. The highest BCUT2D eigenvalue weighted by atomic mass is 35.5. The Morgan fingerprint density at radius 3 is 2.69 bits per heavy atom. The van der Waals surface area contributed by atoms with Crippen molar-refractivity contribution >= 4 is 28.6 Å². The third-order valence-electron chi connectivity index (χ3n) is 5.25. The van der Waals surface area contributed by atoms with Crippen molar-refractivity contribution in [3.63, 3.8) is 0 Å². The molecule has 150 valence electrons. The second-order valence-electron chi connectivity index (χ2n) is 7.24. The van der Waals surface area contributed by atoms with Crippen molar-refractivity contribution in [2.45, 2.75) is 38.5 Å². The van der Waals surface area contributed by atoms with E-state index in [0.717, 1.165) is 0 Å². The molecule has 0 spiro atoms. The number of hydrogen-bond acceptors (Lipinski definition) is 6. The van der Waals surface area contributed by atoms with Crippen LogP contribution in [0.3, 0.4) is 0 Å². The number of benzene rings is 1. The summed E-state index contributed by atoms with van der Waals surface area (Å²) in [7, 11) is 0. The van der Waals surface area contributed by atoms with Crippen molar-refractivity contribution in [2.24, 2.45) is 5.92 Å². The number of fused-ring (bicyclic) bond motifs is 1. The summed E-state index contributed by atoms with van der Waals surface area (Å²) in [6, 6.07) is 7.02. The van der Waals surface area contributed by atoms with Crippen LogP contribution in [0.15, 0.2) is 30.6 Å². The number of aliphatic hydroxyl groups is 2. The van der Waals surface area contributed by atoms with Gasteiger partial charge in [0.1, 0.15) is 6.10 Å². The summed E-state index contributed by atoms with van der Waals surface area (Å²) in [5.41, 5.74) is 1.88. The third kappa shape index (κ3) is 3.67.